The van der Waals surface area contributed by atoms with E-state index in [0.29, 0.717) is 12.0 Å². The maximum Gasteiger partial charge on any atom is 0.261 e. The van der Waals surface area contributed by atoms with E-state index in [9.17, 15) is 13.5 Å². The lowest BCUT2D eigenvalue weighted by atomic mass is 10.0. The van der Waals surface area contributed by atoms with E-state index in [2.05, 4.69) is 60.0 Å². The molecule has 0 bridgehead atoms. The SMILES string of the molecule is CS(=O)(=O)O.Oc1ccc(Cc2sccccccc2Cc2ccccc2)cc1. The van der Waals surface area contributed by atoms with Gasteiger partial charge in [-0.05, 0) is 40.6 Å². The molecular formula is C23H24O4S2. The van der Waals surface area contributed by atoms with Gasteiger partial charge in [-0.1, -0.05) is 72.8 Å². The first-order chi connectivity index (χ1) is 13.8. The summed E-state index contributed by atoms with van der Waals surface area (Å²) in [5, 5.41) is 11.6. The van der Waals surface area contributed by atoms with Gasteiger partial charge in [-0.15, -0.1) is 11.3 Å². The van der Waals surface area contributed by atoms with Crippen molar-refractivity contribution >= 4 is 21.5 Å². The van der Waals surface area contributed by atoms with Crippen LogP contribution in [0.3, 0.4) is 0 Å². The Kier molecular flexibility index (Phi) is 8.86. The molecule has 1 heterocycles. The molecule has 0 spiro atoms. The van der Waals surface area contributed by atoms with Crippen molar-refractivity contribution in [1.82, 2.24) is 0 Å². The van der Waals surface area contributed by atoms with Crippen LogP contribution >= 0.6 is 11.3 Å². The highest BCUT2D eigenvalue weighted by molar-refractivity contribution is 7.85. The van der Waals surface area contributed by atoms with Crippen molar-refractivity contribution in [2.24, 2.45) is 0 Å². The zero-order valence-corrected chi connectivity index (χ0v) is 17.7. The summed E-state index contributed by atoms with van der Waals surface area (Å²) in [4.78, 5) is 1.33. The van der Waals surface area contributed by atoms with Gasteiger partial charge in [-0.25, -0.2) is 0 Å². The molecule has 1 aromatic heterocycles. The predicted molar refractivity (Wildman–Crippen MR) is 120 cm³/mol. The largest absolute Gasteiger partial charge is 0.508 e. The van der Waals surface area contributed by atoms with E-state index in [1.54, 1.807) is 23.5 Å². The zero-order valence-electron chi connectivity index (χ0n) is 16.1. The smallest absolute Gasteiger partial charge is 0.261 e. The van der Waals surface area contributed by atoms with Crippen LogP contribution in [0.15, 0.2) is 90.3 Å². The molecular weight excluding hydrogens is 404 g/mol. The van der Waals surface area contributed by atoms with Crippen LogP contribution in [-0.2, 0) is 23.0 Å². The van der Waals surface area contributed by atoms with Crippen LogP contribution in [0.4, 0.5) is 0 Å². The Labute approximate surface area is 176 Å². The summed E-state index contributed by atoms with van der Waals surface area (Å²) in [6, 6.07) is 28.5. The molecule has 0 saturated heterocycles. The molecule has 2 N–H and O–H groups in total. The third kappa shape index (κ3) is 9.89. The van der Waals surface area contributed by atoms with E-state index >= 15 is 0 Å². The van der Waals surface area contributed by atoms with Crippen molar-refractivity contribution in [1.29, 1.82) is 0 Å². The van der Waals surface area contributed by atoms with Crippen LogP contribution in [0.5, 0.6) is 5.75 Å². The van der Waals surface area contributed by atoms with Crippen molar-refractivity contribution in [2.45, 2.75) is 12.8 Å². The van der Waals surface area contributed by atoms with E-state index in [-0.39, 0.29) is 0 Å². The second-order valence-electron chi connectivity index (χ2n) is 6.38. The fourth-order valence-corrected chi connectivity index (χ4v) is 3.44. The lowest BCUT2D eigenvalue weighted by Gasteiger charge is -2.08. The monoisotopic (exact) mass is 428 g/mol. The highest BCUT2D eigenvalue weighted by Crippen LogP contribution is 2.21. The van der Waals surface area contributed by atoms with Crippen molar-refractivity contribution in [3.63, 3.8) is 0 Å². The number of phenols is 1. The topological polar surface area (TPSA) is 74.6 Å². The molecule has 0 aliphatic carbocycles. The maximum absolute atomic E-state index is 9.48. The molecule has 0 aliphatic rings. The first kappa shape index (κ1) is 22.6. The van der Waals surface area contributed by atoms with Gasteiger partial charge in [-0.3, -0.25) is 4.55 Å². The van der Waals surface area contributed by atoms with Crippen LogP contribution in [0.25, 0.3) is 0 Å². The highest BCUT2D eigenvalue weighted by atomic mass is 32.2. The van der Waals surface area contributed by atoms with E-state index in [4.69, 9.17) is 4.55 Å². The number of benzene rings is 2. The first-order valence-corrected chi connectivity index (χ1v) is 11.7. The van der Waals surface area contributed by atoms with Crippen LogP contribution in [0, 0.1) is 0 Å². The second kappa shape index (κ2) is 11.4. The zero-order chi connectivity index (χ0) is 21.1. The normalized spacial score (nSPS) is 10.4. The van der Waals surface area contributed by atoms with Gasteiger partial charge < -0.3 is 5.11 Å². The molecule has 29 heavy (non-hydrogen) atoms. The Morgan fingerprint density at radius 3 is 1.93 bits per heavy atom. The minimum absolute atomic E-state index is 0.309. The van der Waals surface area contributed by atoms with Gasteiger partial charge >= 0.3 is 0 Å². The molecule has 6 heteroatoms. The number of aromatic hydroxyl groups is 1. The van der Waals surface area contributed by atoms with Gasteiger partial charge in [0.2, 0.25) is 0 Å². The molecule has 0 aliphatic heterocycles. The number of rotatable bonds is 4. The fraction of sp³-hybridized carbons (Fsp3) is 0.130. The van der Waals surface area contributed by atoms with E-state index in [1.807, 2.05) is 18.2 Å². The standard InChI is InChI=1S/C22H20OS.CH4O3S/c23-21-13-11-19(12-14-21)17-22-20(10-6-1-2-7-15-24-22)16-18-8-4-3-5-9-18;1-5(2,3)4/h1-15,23H,16-17H2;1H3,(H,2,3,4). The van der Waals surface area contributed by atoms with Crippen LogP contribution in [0.2, 0.25) is 0 Å². The molecule has 3 rings (SSSR count). The van der Waals surface area contributed by atoms with Gasteiger partial charge in [0.1, 0.15) is 5.75 Å². The van der Waals surface area contributed by atoms with Crippen molar-refractivity contribution < 1.29 is 18.1 Å². The van der Waals surface area contributed by atoms with Crippen LogP contribution < -0.4 is 0 Å². The number of phenolic OH excluding ortho intramolecular Hbond substituents is 1. The van der Waals surface area contributed by atoms with E-state index < -0.39 is 10.1 Å². The molecule has 0 fully saturated rings. The summed E-state index contributed by atoms with van der Waals surface area (Å²) in [5.74, 6) is 0.309. The molecule has 3 aromatic rings. The molecule has 0 saturated carbocycles. The van der Waals surface area contributed by atoms with Gasteiger partial charge in [-0.2, -0.15) is 8.42 Å². The molecule has 152 valence electrons. The maximum atomic E-state index is 9.48. The summed E-state index contributed by atoms with van der Waals surface area (Å²) in [5.41, 5.74) is 3.85. The molecule has 4 nitrogen and oxygen atoms in total. The average Bonchev–Trinajstić information content (AvgIpc) is 2.76. The molecule has 0 atom stereocenters. The highest BCUT2D eigenvalue weighted by Gasteiger charge is 2.04. The minimum atomic E-state index is -3.67. The minimum Gasteiger partial charge on any atom is -0.508 e. The van der Waals surface area contributed by atoms with Crippen molar-refractivity contribution in [3.8, 4) is 5.75 Å². The Balaban J connectivity index is 0.000000537. The quantitative estimate of drug-likeness (QED) is 0.556. The summed E-state index contributed by atoms with van der Waals surface area (Å²) < 4.78 is 25.9. The molecule has 2 aromatic carbocycles. The van der Waals surface area contributed by atoms with E-state index in [0.717, 1.165) is 12.8 Å². The predicted octanol–water partition coefficient (Wildman–Crippen LogP) is 5.26. The van der Waals surface area contributed by atoms with E-state index in [1.165, 1.54) is 21.6 Å². The Morgan fingerprint density at radius 2 is 1.28 bits per heavy atom. The fourth-order valence-electron chi connectivity index (χ4n) is 2.56. The van der Waals surface area contributed by atoms with Crippen LogP contribution in [-0.4, -0.2) is 24.3 Å². The van der Waals surface area contributed by atoms with Crippen molar-refractivity contribution in [3.05, 3.63) is 112 Å². The Morgan fingerprint density at radius 1 is 0.759 bits per heavy atom. The third-order valence-electron chi connectivity index (χ3n) is 3.82. The molecule has 0 radical (unpaired) electrons. The van der Waals surface area contributed by atoms with Crippen LogP contribution in [0.1, 0.15) is 21.6 Å². The third-order valence-corrected chi connectivity index (χ3v) is 4.80. The summed E-state index contributed by atoms with van der Waals surface area (Å²) >= 11 is 1.77. The Hall–Kier alpha value is -2.67. The Bertz CT molecular complexity index is 1030. The van der Waals surface area contributed by atoms with Gasteiger partial charge in [0, 0.05) is 11.3 Å². The van der Waals surface area contributed by atoms with Gasteiger partial charge in [0.25, 0.3) is 10.1 Å². The summed E-state index contributed by atoms with van der Waals surface area (Å²) in [6.07, 6.45) is 2.49. The number of hydrogen-bond acceptors (Lipinski definition) is 4. The first-order valence-electron chi connectivity index (χ1n) is 8.94. The summed E-state index contributed by atoms with van der Waals surface area (Å²) in [6.45, 7) is 0. The van der Waals surface area contributed by atoms with Crippen molar-refractivity contribution in [2.75, 3.05) is 6.26 Å². The van der Waals surface area contributed by atoms with Gasteiger partial charge in [0.15, 0.2) is 0 Å². The lowest BCUT2D eigenvalue weighted by molar-refractivity contribution is 0.475. The number of hydrogen-bond donors (Lipinski definition) is 2. The second-order valence-corrected chi connectivity index (χ2v) is 8.84. The molecule has 0 amide bonds. The lowest BCUT2D eigenvalue weighted by Crippen LogP contribution is -1.94. The van der Waals surface area contributed by atoms with Gasteiger partial charge in [0.05, 0.1) is 6.26 Å². The summed E-state index contributed by atoms with van der Waals surface area (Å²) in [7, 11) is -3.67. The molecule has 0 unspecified atom stereocenters. The average molecular weight is 429 g/mol.